The molecule has 0 fully saturated rings. The Morgan fingerprint density at radius 2 is 2.33 bits per heavy atom. The molecule has 0 aliphatic heterocycles. The van der Waals surface area contributed by atoms with Gasteiger partial charge in [0.2, 0.25) is 0 Å². The van der Waals surface area contributed by atoms with Crippen molar-refractivity contribution < 1.29 is 4.74 Å². The van der Waals surface area contributed by atoms with Crippen LogP contribution in [-0.2, 0) is 17.9 Å². The van der Waals surface area contributed by atoms with Crippen LogP contribution in [0, 0.1) is 5.92 Å². The summed E-state index contributed by atoms with van der Waals surface area (Å²) in [6.45, 7) is 7.06. The van der Waals surface area contributed by atoms with Crippen LogP contribution in [0.4, 0.5) is 0 Å². The van der Waals surface area contributed by atoms with Crippen molar-refractivity contribution in [2.75, 3.05) is 13.2 Å². The second-order valence-corrected chi connectivity index (χ2v) is 3.95. The zero-order chi connectivity index (χ0) is 11.1. The minimum Gasteiger partial charge on any atom is -0.373 e. The van der Waals surface area contributed by atoms with Gasteiger partial charge in [-0.3, -0.25) is 0 Å². The number of nitrogens with zero attached hydrogens (tertiary/aromatic N) is 3. The fraction of sp³-hybridized carbons (Fsp3) is 0.800. The second kappa shape index (κ2) is 6.53. The van der Waals surface area contributed by atoms with Crippen LogP contribution in [0.2, 0.25) is 0 Å². The summed E-state index contributed by atoms with van der Waals surface area (Å²) in [7, 11) is 0. The molecule has 0 atom stereocenters. The third kappa shape index (κ3) is 4.40. The van der Waals surface area contributed by atoms with Crippen LogP contribution in [0.15, 0.2) is 6.33 Å². The topological polar surface area (TPSA) is 66.0 Å². The van der Waals surface area contributed by atoms with Crippen molar-refractivity contribution in [2.24, 2.45) is 11.7 Å². The molecule has 0 saturated carbocycles. The molecule has 2 N–H and O–H groups in total. The fourth-order valence-corrected chi connectivity index (χ4v) is 1.25. The molecule has 1 heterocycles. The van der Waals surface area contributed by atoms with E-state index in [1.54, 1.807) is 6.33 Å². The molecule has 0 radical (unpaired) electrons. The largest absolute Gasteiger partial charge is 0.373 e. The summed E-state index contributed by atoms with van der Waals surface area (Å²) >= 11 is 0. The number of hydrogen-bond donors (Lipinski definition) is 1. The highest BCUT2D eigenvalue weighted by molar-refractivity contribution is 4.81. The number of aromatic nitrogens is 3. The normalized spacial score (nSPS) is 11.2. The van der Waals surface area contributed by atoms with Crippen molar-refractivity contribution in [1.82, 2.24) is 14.8 Å². The molecule has 0 aliphatic carbocycles. The van der Waals surface area contributed by atoms with E-state index < -0.39 is 0 Å². The molecule has 5 heteroatoms. The lowest BCUT2D eigenvalue weighted by Gasteiger charge is -2.08. The van der Waals surface area contributed by atoms with Gasteiger partial charge in [-0.2, -0.15) is 5.10 Å². The lowest BCUT2D eigenvalue weighted by atomic mass is 10.2. The van der Waals surface area contributed by atoms with Gasteiger partial charge in [0, 0.05) is 13.2 Å². The van der Waals surface area contributed by atoms with Crippen molar-refractivity contribution in [3.63, 3.8) is 0 Å². The molecular formula is C10H20N4O. The Bertz CT molecular complexity index is 272. The zero-order valence-corrected chi connectivity index (χ0v) is 9.52. The van der Waals surface area contributed by atoms with E-state index in [4.69, 9.17) is 10.5 Å². The van der Waals surface area contributed by atoms with Gasteiger partial charge in [0.05, 0.1) is 0 Å². The van der Waals surface area contributed by atoms with E-state index in [-0.39, 0.29) is 0 Å². The van der Waals surface area contributed by atoms with E-state index >= 15 is 0 Å². The third-order valence-corrected chi connectivity index (χ3v) is 1.96. The van der Waals surface area contributed by atoms with Crippen LogP contribution in [0.1, 0.15) is 26.1 Å². The second-order valence-electron chi connectivity index (χ2n) is 3.95. The monoisotopic (exact) mass is 212 g/mol. The Balaban J connectivity index is 2.36. The van der Waals surface area contributed by atoms with Crippen molar-refractivity contribution >= 4 is 0 Å². The lowest BCUT2D eigenvalue weighted by molar-refractivity contribution is 0.110. The predicted octanol–water partition coefficient (Wildman–Crippen LogP) is 0.800. The lowest BCUT2D eigenvalue weighted by Crippen LogP contribution is -2.12. The van der Waals surface area contributed by atoms with Gasteiger partial charge in [0.1, 0.15) is 12.9 Å². The molecule has 0 spiro atoms. The molecule has 1 aromatic rings. The summed E-state index contributed by atoms with van der Waals surface area (Å²) in [4.78, 5) is 4.16. The molecule has 1 aromatic heterocycles. The van der Waals surface area contributed by atoms with Gasteiger partial charge in [-0.05, 0) is 18.9 Å². The van der Waals surface area contributed by atoms with E-state index in [0.29, 0.717) is 25.7 Å². The SMILES string of the molecule is CC(C)Cn1ncnc1COCCCN. The molecule has 0 saturated heterocycles. The van der Waals surface area contributed by atoms with Gasteiger partial charge in [-0.25, -0.2) is 9.67 Å². The van der Waals surface area contributed by atoms with Crippen molar-refractivity contribution in [1.29, 1.82) is 0 Å². The maximum atomic E-state index is 5.44. The number of rotatable bonds is 7. The average molecular weight is 212 g/mol. The van der Waals surface area contributed by atoms with Crippen molar-refractivity contribution in [3.05, 3.63) is 12.2 Å². The summed E-state index contributed by atoms with van der Waals surface area (Å²) in [6.07, 6.45) is 2.46. The van der Waals surface area contributed by atoms with E-state index in [1.165, 1.54) is 0 Å². The highest BCUT2D eigenvalue weighted by atomic mass is 16.5. The van der Waals surface area contributed by atoms with E-state index in [1.807, 2.05) is 4.68 Å². The first-order chi connectivity index (χ1) is 7.24. The van der Waals surface area contributed by atoms with E-state index in [9.17, 15) is 0 Å². The van der Waals surface area contributed by atoms with Gasteiger partial charge in [0.15, 0.2) is 5.82 Å². The minimum atomic E-state index is 0.521. The summed E-state index contributed by atoms with van der Waals surface area (Å²) in [5.74, 6) is 1.45. The van der Waals surface area contributed by atoms with Gasteiger partial charge in [0.25, 0.3) is 0 Å². The molecule has 0 aromatic carbocycles. The molecule has 0 bridgehead atoms. The van der Waals surface area contributed by atoms with Crippen LogP contribution in [0.5, 0.6) is 0 Å². The molecular weight excluding hydrogens is 192 g/mol. The average Bonchev–Trinajstić information content (AvgIpc) is 2.59. The van der Waals surface area contributed by atoms with Crippen LogP contribution in [0.3, 0.4) is 0 Å². The van der Waals surface area contributed by atoms with Crippen LogP contribution >= 0.6 is 0 Å². The predicted molar refractivity (Wildman–Crippen MR) is 58.2 cm³/mol. The quantitative estimate of drug-likeness (QED) is 0.679. The van der Waals surface area contributed by atoms with E-state index in [0.717, 1.165) is 18.8 Å². The Morgan fingerprint density at radius 1 is 1.53 bits per heavy atom. The third-order valence-electron chi connectivity index (χ3n) is 1.96. The number of hydrogen-bond acceptors (Lipinski definition) is 4. The maximum Gasteiger partial charge on any atom is 0.152 e. The highest BCUT2D eigenvalue weighted by Gasteiger charge is 2.05. The van der Waals surface area contributed by atoms with Crippen LogP contribution in [-0.4, -0.2) is 27.9 Å². The van der Waals surface area contributed by atoms with E-state index in [2.05, 4.69) is 23.9 Å². The Kier molecular flexibility index (Phi) is 5.28. The molecule has 15 heavy (non-hydrogen) atoms. The number of ether oxygens (including phenoxy) is 1. The summed E-state index contributed by atoms with van der Waals surface area (Å²) in [5.41, 5.74) is 5.37. The van der Waals surface area contributed by atoms with Gasteiger partial charge >= 0.3 is 0 Å². The minimum absolute atomic E-state index is 0.521. The van der Waals surface area contributed by atoms with Crippen LogP contribution in [0.25, 0.3) is 0 Å². The molecule has 5 nitrogen and oxygen atoms in total. The zero-order valence-electron chi connectivity index (χ0n) is 9.52. The summed E-state index contributed by atoms with van der Waals surface area (Å²) < 4.78 is 7.33. The van der Waals surface area contributed by atoms with Crippen LogP contribution < -0.4 is 5.73 Å². The Morgan fingerprint density at radius 3 is 3.00 bits per heavy atom. The first-order valence-electron chi connectivity index (χ1n) is 5.38. The number of nitrogens with two attached hydrogens (primary N) is 1. The molecule has 0 unspecified atom stereocenters. The smallest absolute Gasteiger partial charge is 0.152 e. The first kappa shape index (κ1) is 12.1. The van der Waals surface area contributed by atoms with Crippen molar-refractivity contribution in [3.8, 4) is 0 Å². The Hall–Kier alpha value is -0.940. The van der Waals surface area contributed by atoms with Gasteiger partial charge in [-0.1, -0.05) is 13.8 Å². The van der Waals surface area contributed by atoms with Gasteiger partial charge < -0.3 is 10.5 Å². The molecule has 1 rings (SSSR count). The maximum absolute atomic E-state index is 5.44. The summed E-state index contributed by atoms with van der Waals surface area (Å²) in [5, 5.41) is 4.16. The van der Waals surface area contributed by atoms with Crippen molar-refractivity contribution in [2.45, 2.75) is 33.4 Å². The molecule has 0 aliphatic rings. The molecule has 0 amide bonds. The summed E-state index contributed by atoms with van der Waals surface area (Å²) in [6, 6.07) is 0. The fourth-order valence-electron chi connectivity index (χ4n) is 1.25. The Labute approximate surface area is 90.6 Å². The molecule has 86 valence electrons. The standard InChI is InChI=1S/C10H20N4O/c1-9(2)6-14-10(12-8-13-14)7-15-5-3-4-11/h8-9H,3-7,11H2,1-2H3. The van der Waals surface area contributed by atoms with Gasteiger partial charge in [-0.15, -0.1) is 0 Å². The first-order valence-corrected chi connectivity index (χ1v) is 5.38. The highest BCUT2D eigenvalue weighted by Crippen LogP contribution is 2.02.